The molecule has 3 nitrogen and oxygen atoms in total. The minimum absolute atomic E-state index is 0.00491. The van der Waals surface area contributed by atoms with Gasteiger partial charge in [-0.25, -0.2) is 0 Å². The first-order valence-corrected chi connectivity index (χ1v) is 4.87. The summed E-state index contributed by atoms with van der Waals surface area (Å²) in [7, 11) is 1.81. The highest BCUT2D eigenvalue weighted by molar-refractivity contribution is 5.81. The lowest BCUT2D eigenvalue weighted by Gasteiger charge is -2.35. The van der Waals surface area contributed by atoms with E-state index >= 15 is 0 Å². The van der Waals surface area contributed by atoms with E-state index in [-0.39, 0.29) is 5.91 Å². The Balaban J connectivity index is 2.50. The monoisotopic (exact) mass is 180 g/mol. The fourth-order valence-corrected chi connectivity index (χ4v) is 1.52. The average molecular weight is 180 g/mol. The van der Waals surface area contributed by atoms with Crippen molar-refractivity contribution >= 4 is 5.91 Å². The molecule has 1 rings (SSSR count). The molecule has 0 aromatic heterocycles. The fraction of sp³-hybridized carbons (Fsp3) is 0.800. The van der Waals surface area contributed by atoms with Gasteiger partial charge in [0.1, 0.15) is 5.92 Å². The summed E-state index contributed by atoms with van der Waals surface area (Å²) in [5.41, 5.74) is 0. The van der Waals surface area contributed by atoms with E-state index in [0.717, 1.165) is 12.8 Å². The molecular formula is C10H16N2O. The van der Waals surface area contributed by atoms with E-state index in [4.69, 9.17) is 5.26 Å². The van der Waals surface area contributed by atoms with Crippen molar-refractivity contribution in [3.63, 3.8) is 0 Å². The van der Waals surface area contributed by atoms with Crippen molar-refractivity contribution in [2.24, 2.45) is 5.92 Å². The van der Waals surface area contributed by atoms with Crippen molar-refractivity contribution in [2.75, 3.05) is 7.05 Å². The van der Waals surface area contributed by atoms with Gasteiger partial charge in [-0.05, 0) is 25.7 Å². The number of hydrogen-bond acceptors (Lipinski definition) is 2. The molecule has 3 heteroatoms. The summed E-state index contributed by atoms with van der Waals surface area (Å²) in [6.07, 6.45) is 4.03. The van der Waals surface area contributed by atoms with Gasteiger partial charge in [0.05, 0.1) is 6.07 Å². The first kappa shape index (κ1) is 10.0. The van der Waals surface area contributed by atoms with Crippen LogP contribution in [-0.2, 0) is 4.79 Å². The molecule has 72 valence electrons. The summed E-state index contributed by atoms with van der Waals surface area (Å²) in [6.45, 7) is 1.88. The largest absolute Gasteiger partial charge is 0.342 e. The van der Waals surface area contributed by atoms with Gasteiger partial charge in [-0.1, -0.05) is 6.92 Å². The second kappa shape index (κ2) is 4.27. The number of carbonyl (C=O) groups is 1. The molecule has 0 bridgehead atoms. The highest BCUT2D eigenvalue weighted by Crippen LogP contribution is 2.24. The van der Waals surface area contributed by atoms with Gasteiger partial charge >= 0.3 is 0 Å². The normalized spacial score (nSPS) is 18.5. The van der Waals surface area contributed by atoms with Crippen LogP contribution in [0, 0.1) is 17.2 Å². The third kappa shape index (κ3) is 2.00. The average Bonchev–Trinajstić information content (AvgIpc) is 2.03. The van der Waals surface area contributed by atoms with E-state index in [2.05, 4.69) is 0 Å². The Labute approximate surface area is 79.3 Å². The molecule has 1 fully saturated rings. The second-order valence-corrected chi connectivity index (χ2v) is 3.62. The molecule has 0 radical (unpaired) electrons. The SMILES string of the molecule is CCC(C#N)C(=O)N(C)C1CCC1. The molecule has 0 saturated heterocycles. The van der Waals surface area contributed by atoms with E-state index < -0.39 is 5.92 Å². The fourth-order valence-electron chi connectivity index (χ4n) is 1.52. The Hall–Kier alpha value is -1.04. The molecule has 1 atom stereocenters. The maximum absolute atomic E-state index is 11.6. The predicted octanol–water partition coefficient (Wildman–Crippen LogP) is 1.55. The van der Waals surface area contributed by atoms with Crippen LogP contribution in [-0.4, -0.2) is 23.9 Å². The van der Waals surface area contributed by atoms with Gasteiger partial charge < -0.3 is 4.90 Å². The van der Waals surface area contributed by atoms with E-state index in [0.29, 0.717) is 12.5 Å². The molecule has 0 spiro atoms. The van der Waals surface area contributed by atoms with Crippen LogP contribution < -0.4 is 0 Å². The van der Waals surface area contributed by atoms with Crippen molar-refractivity contribution < 1.29 is 4.79 Å². The first-order valence-electron chi connectivity index (χ1n) is 4.87. The maximum Gasteiger partial charge on any atom is 0.239 e. The molecule has 0 N–H and O–H groups in total. The van der Waals surface area contributed by atoms with Crippen LogP contribution in [0.15, 0.2) is 0 Å². The minimum Gasteiger partial charge on any atom is -0.342 e. The Morgan fingerprint density at radius 2 is 2.31 bits per heavy atom. The van der Waals surface area contributed by atoms with E-state index in [1.807, 2.05) is 20.0 Å². The second-order valence-electron chi connectivity index (χ2n) is 3.62. The van der Waals surface area contributed by atoms with Crippen molar-refractivity contribution in [1.82, 2.24) is 4.90 Å². The summed E-state index contributed by atoms with van der Waals surface area (Å²) in [4.78, 5) is 13.4. The number of rotatable bonds is 3. The zero-order valence-electron chi connectivity index (χ0n) is 8.29. The van der Waals surface area contributed by atoms with Gasteiger partial charge in [0.25, 0.3) is 0 Å². The van der Waals surface area contributed by atoms with Gasteiger partial charge in [-0.2, -0.15) is 5.26 Å². The molecule has 13 heavy (non-hydrogen) atoms. The Kier molecular flexibility index (Phi) is 3.30. The molecular weight excluding hydrogens is 164 g/mol. The number of nitrogens with zero attached hydrogens (tertiary/aromatic N) is 2. The van der Waals surface area contributed by atoms with Crippen LogP contribution in [0.1, 0.15) is 32.6 Å². The van der Waals surface area contributed by atoms with E-state index in [1.54, 1.807) is 4.90 Å². The molecule has 0 aromatic carbocycles. The highest BCUT2D eigenvalue weighted by atomic mass is 16.2. The Morgan fingerprint density at radius 3 is 2.62 bits per heavy atom. The number of hydrogen-bond donors (Lipinski definition) is 0. The lowest BCUT2D eigenvalue weighted by Crippen LogP contribution is -2.43. The molecule has 1 amide bonds. The van der Waals surface area contributed by atoms with Gasteiger partial charge in [-0.3, -0.25) is 4.79 Å². The predicted molar refractivity (Wildman–Crippen MR) is 49.8 cm³/mol. The lowest BCUT2D eigenvalue weighted by atomic mass is 9.91. The van der Waals surface area contributed by atoms with Crippen LogP contribution in [0.25, 0.3) is 0 Å². The summed E-state index contributed by atoms with van der Waals surface area (Å²) in [5.74, 6) is -0.444. The van der Waals surface area contributed by atoms with Crippen molar-refractivity contribution in [3.8, 4) is 6.07 Å². The molecule has 0 aromatic rings. The topological polar surface area (TPSA) is 44.1 Å². The number of amides is 1. The van der Waals surface area contributed by atoms with Crippen LogP contribution in [0.5, 0.6) is 0 Å². The summed E-state index contributed by atoms with van der Waals surface area (Å²) < 4.78 is 0. The summed E-state index contributed by atoms with van der Waals surface area (Å²) in [6, 6.07) is 2.44. The first-order chi connectivity index (χ1) is 6.20. The third-order valence-electron chi connectivity index (χ3n) is 2.83. The van der Waals surface area contributed by atoms with Crippen LogP contribution in [0.4, 0.5) is 0 Å². The molecule has 1 saturated carbocycles. The third-order valence-corrected chi connectivity index (χ3v) is 2.83. The van der Waals surface area contributed by atoms with Crippen molar-refractivity contribution in [3.05, 3.63) is 0 Å². The van der Waals surface area contributed by atoms with E-state index in [1.165, 1.54) is 6.42 Å². The Bertz CT molecular complexity index is 228. The van der Waals surface area contributed by atoms with Crippen molar-refractivity contribution in [2.45, 2.75) is 38.6 Å². The molecule has 1 aliphatic rings. The molecule has 0 heterocycles. The lowest BCUT2D eigenvalue weighted by molar-refractivity contribution is -0.136. The molecule has 1 aliphatic carbocycles. The summed E-state index contributed by atoms with van der Waals surface area (Å²) in [5, 5.41) is 8.72. The van der Waals surface area contributed by atoms with Crippen LogP contribution in [0.3, 0.4) is 0 Å². The molecule has 1 unspecified atom stereocenters. The van der Waals surface area contributed by atoms with Gasteiger partial charge in [-0.15, -0.1) is 0 Å². The van der Waals surface area contributed by atoms with E-state index in [9.17, 15) is 4.79 Å². The quantitative estimate of drug-likeness (QED) is 0.661. The summed E-state index contributed by atoms with van der Waals surface area (Å²) >= 11 is 0. The Morgan fingerprint density at radius 1 is 1.69 bits per heavy atom. The zero-order valence-corrected chi connectivity index (χ0v) is 8.29. The standard InChI is InChI=1S/C10H16N2O/c1-3-8(7-11)10(13)12(2)9-5-4-6-9/h8-9H,3-6H2,1-2H3. The van der Waals surface area contributed by atoms with Gasteiger partial charge in [0, 0.05) is 13.1 Å². The van der Waals surface area contributed by atoms with Crippen LogP contribution in [0.2, 0.25) is 0 Å². The number of carbonyl (C=O) groups excluding carboxylic acids is 1. The van der Waals surface area contributed by atoms with Gasteiger partial charge in [0.15, 0.2) is 0 Å². The highest BCUT2D eigenvalue weighted by Gasteiger charge is 2.29. The molecule has 0 aliphatic heterocycles. The van der Waals surface area contributed by atoms with Gasteiger partial charge in [0.2, 0.25) is 5.91 Å². The smallest absolute Gasteiger partial charge is 0.239 e. The minimum atomic E-state index is -0.439. The zero-order chi connectivity index (χ0) is 9.84. The maximum atomic E-state index is 11.6. The van der Waals surface area contributed by atoms with Crippen LogP contribution >= 0.6 is 0 Å². The van der Waals surface area contributed by atoms with Crippen molar-refractivity contribution in [1.29, 1.82) is 5.26 Å². The number of nitriles is 1.